The number of piperazine rings is 1. The van der Waals surface area contributed by atoms with Crippen LogP contribution in [0.15, 0.2) is 36.8 Å². The maximum absolute atomic E-state index is 4.63. The first-order valence-corrected chi connectivity index (χ1v) is 7.07. The van der Waals surface area contributed by atoms with Gasteiger partial charge in [-0.1, -0.05) is 0 Å². The minimum atomic E-state index is 0.897. The molecule has 1 fully saturated rings. The van der Waals surface area contributed by atoms with Crippen LogP contribution in [0.5, 0.6) is 0 Å². The number of nitrogens with zero attached hydrogens (tertiary/aromatic N) is 4. The molecule has 0 atom stereocenters. The fourth-order valence-electron chi connectivity index (χ4n) is 2.39. The Balaban J connectivity index is 1.65. The van der Waals surface area contributed by atoms with Crippen LogP contribution in [0.3, 0.4) is 0 Å². The second-order valence-corrected chi connectivity index (χ2v) is 4.94. The number of nitrogens with one attached hydrogen (secondary N) is 1. The number of hydrogen-bond donors (Lipinski definition) is 1. The monoisotopic (exact) mass is 269 g/mol. The van der Waals surface area contributed by atoms with Gasteiger partial charge in [0.1, 0.15) is 5.82 Å². The van der Waals surface area contributed by atoms with Crippen molar-refractivity contribution in [2.45, 2.75) is 6.42 Å². The van der Waals surface area contributed by atoms with Crippen LogP contribution in [0.1, 0.15) is 5.82 Å². The lowest BCUT2D eigenvalue weighted by Gasteiger charge is -2.26. The van der Waals surface area contributed by atoms with Crippen LogP contribution in [0.2, 0.25) is 0 Å². The number of aromatic nitrogens is 3. The van der Waals surface area contributed by atoms with Crippen LogP contribution in [-0.2, 0) is 6.42 Å². The Morgan fingerprint density at radius 1 is 1.15 bits per heavy atom. The van der Waals surface area contributed by atoms with E-state index in [1.54, 1.807) is 6.20 Å². The largest absolute Gasteiger partial charge is 0.314 e. The fourth-order valence-corrected chi connectivity index (χ4v) is 2.39. The average Bonchev–Trinajstić information content (AvgIpc) is 2.55. The standard InChI is InChI=1S/C15H19N5/c1-2-13(12-17-5-1)14-3-6-18-15(19-14)4-9-20-10-7-16-8-11-20/h1-3,5-6,12,16H,4,7-11H2. The third-order valence-corrected chi connectivity index (χ3v) is 3.52. The molecule has 2 aromatic rings. The summed E-state index contributed by atoms with van der Waals surface area (Å²) in [6.45, 7) is 5.41. The molecule has 1 N–H and O–H groups in total. The SMILES string of the molecule is c1cncc(-c2ccnc(CCN3CCNCC3)n2)c1. The molecule has 1 aliphatic heterocycles. The van der Waals surface area contributed by atoms with Crippen molar-refractivity contribution >= 4 is 0 Å². The Morgan fingerprint density at radius 3 is 2.85 bits per heavy atom. The summed E-state index contributed by atoms with van der Waals surface area (Å²) in [5.74, 6) is 0.907. The van der Waals surface area contributed by atoms with Gasteiger partial charge in [0.05, 0.1) is 5.69 Å². The van der Waals surface area contributed by atoms with Crippen molar-refractivity contribution in [2.24, 2.45) is 0 Å². The van der Waals surface area contributed by atoms with Crippen LogP contribution >= 0.6 is 0 Å². The topological polar surface area (TPSA) is 53.9 Å². The third-order valence-electron chi connectivity index (χ3n) is 3.52. The molecule has 0 bridgehead atoms. The zero-order valence-corrected chi connectivity index (χ0v) is 11.5. The van der Waals surface area contributed by atoms with Crippen LogP contribution in [0.25, 0.3) is 11.3 Å². The highest BCUT2D eigenvalue weighted by Gasteiger charge is 2.10. The Kier molecular flexibility index (Phi) is 4.30. The van der Waals surface area contributed by atoms with Gasteiger partial charge in [-0.05, 0) is 18.2 Å². The Bertz CT molecular complexity index is 537. The molecule has 0 radical (unpaired) electrons. The van der Waals surface area contributed by atoms with Gasteiger partial charge in [-0.3, -0.25) is 4.98 Å². The maximum Gasteiger partial charge on any atom is 0.130 e. The van der Waals surface area contributed by atoms with Gasteiger partial charge >= 0.3 is 0 Å². The Labute approximate surface area is 119 Å². The van der Waals surface area contributed by atoms with E-state index in [0.29, 0.717) is 0 Å². The molecule has 0 amide bonds. The zero-order chi connectivity index (χ0) is 13.6. The highest BCUT2D eigenvalue weighted by molar-refractivity contribution is 5.56. The lowest BCUT2D eigenvalue weighted by molar-refractivity contribution is 0.242. The summed E-state index contributed by atoms with van der Waals surface area (Å²) in [7, 11) is 0. The Hall–Kier alpha value is -1.85. The van der Waals surface area contributed by atoms with Gasteiger partial charge in [-0.25, -0.2) is 9.97 Å². The predicted octanol–water partition coefficient (Wildman–Crippen LogP) is 0.986. The molecule has 20 heavy (non-hydrogen) atoms. The molecule has 3 rings (SSSR count). The first-order valence-electron chi connectivity index (χ1n) is 7.07. The molecule has 0 saturated carbocycles. The molecular weight excluding hydrogens is 250 g/mol. The van der Waals surface area contributed by atoms with Crippen LogP contribution in [0, 0.1) is 0 Å². The van der Waals surface area contributed by atoms with Gasteiger partial charge in [0, 0.05) is 63.3 Å². The van der Waals surface area contributed by atoms with Crippen molar-refractivity contribution in [1.29, 1.82) is 0 Å². The van der Waals surface area contributed by atoms with E-state index < -0.39 is 0 Å². The lowest BCUT2D eigenvalue weighted by atomic mass is 10.2. The third kappa shape index (κ3) is 3.37. The van der Waals surface area contributed by atoms with Gasteiger partial charge in [0.2, 0.25) is 0 Å². The zero-order valence-electron chi connectivity index (χ0n) is 11.5. The van der Waals surface area contributed by atoms with Gasteiger partial charge in [0.25, 0.3) is 0 Å². The lowest BCUT2D eigenvalue weighted by Crippen LogP contribution is -2.44. The molecule has 3 heterocycles. The Morgan fingerprint density at radius 2 is 2.05 bits per heavy atom. The molecule has 0 spiro atoms. The number of hydrogen-bond acceptors (Lipinski definition) is 5. The van der Waals surface area contributed by atoms with E-state index in [1.807, 2.05) is 30.6 Å². The van der Waals surface area contributed by atoms with Gasteiger partial charge in [0.15, 0.2) is 0 Å². The van der Waals surface area contributed by atoms with Gasteiger partial charge < -0.3 is 10.2 Å². The molecule has 1 saturated heterocycles. The summed E-state index contributed by atoms with van der Waals surface area (Å²) in [6, 6.07) is 5.89. The quantitative estimate of drug-likeness (QED) is 0.897. The molecule has 0 unspecified atom stereocenters. The molecule has 0 aliphatic carbocycles. The van der Waals surface area contributed by atoms with E-state index in [9.17, 15) is 0 Å². The van der Waals surface area contributed by atoms with Gasteiger partial charge in [-0.15, -0.1) is 0 Å². The molecular formula is C15H19N5. The van der Waals surface area contributed by atoms with Crippen molar-refractivity contribution in [3.63, 3.8) is 0 Å². The second kappa shape index (κ2) is 6.54. The van der Waals surface area contributed by atoms with Crippen molar-refractivity contribution in [3.05, 3.63) is 42.6 Å². The van der Waals surface area contributed by atoms with E-state index in [2.05, 4.69) is 25.2 Å². The maximum atomic E-state index is 4.63. The highest BCUT2D eigenvalue weighted by atomic mass is 15.2. The summed E-state index contributed by atoms with van der Waals surface area (Å²) >= 11 is 0. The first kappa shape index (κ1) is 13.1. The van der Waals surface area contributed by atoms with Gasteiger partial charge in [-0.2, -0.15) is 0 Å². The summed E-state index contributed by atoms with van der Waals surface area (Å²) < 4.78 is 0. The van der Waals surface area contributed by atoms with Crippen molar-refractivity contribution < 1.29 is 0 Å². The van der Waals surface area contributed by atoms with Crippen LogP contribution in [0.4, 0.5) is 0 Å². The van der Waals surface area contributed by atoms with E-state index >= 15 is 0 Å². The van der Waals surface area contributed by atoms with Crippen molar-refractivity contribution in [2.75, 3.05) is 32.7 Å². The van der Waals surface area contributed by atoms with Crippen molar-refractivity contribution in [3.8, 4) is 11.3 Å². The molecule has 5 heteroatoms. The smallest absolute Gasteiger partial charge is 0.130 e. The molecule has 0 aromatic carbocycles. The average molecular weight is 269 g/mol. The number of pyridine rings is 1. The summed E-state index contributed by atoms with van der Waals surface area (Å²) in [5, 5.41) is 3.36. The number of rotatable bonds is 4. The van der Waals surface area contributed by atoms with Crippen LogP contribution < -0.4 is 5.32 Å². The fraction of sp³-hybridized carbons (Fsp3) is 0.400. The minimum absolute atomic E-state index is 0.897. The van der Waals surface area contributed by atoms with E-state index in [4.69, 9.17) is 0 Å². The van der Waals surface area contributed by atoms with Crippen LogP contribution in [-0.4, -0.2) is 52.6 Å². The minimum Gasteiger partial charge on any atom is -0.314 e. The molecule has 2 aromatic heterocycles. The molecule has 104 valence electrons. The molecule has 5 nitrogen and oxygen atoms in total. The van der Waals surface area contributed by atoms with E-state index in [-0.39, 0.29) is 0 Å². The van der Waals surface area contributed by atoms with Crippen molar-refractivity contribution in [1.82, 2.24) is 25.2 Å². The summed E-state index contributed by atoms with van der Waals surface area (Å²) in [6.07, 6.45) is 6.34. The van der Waals surface area contributed by atoms with E-state index in [0.717, 1.165) is 56.2 Å². The van der Waals surface area contributed by atoms with E-state index in [1.165, 1.54) is 0 Å². The summed E-state index contributed by atoms with van der Waals surface area (Å²) in [4.78, 5) is 15.6. The predicted molar refractivity (Wildman–Crippen MR) is 78.3 cm³/mol. The highest BCUT2D eigenvalue weighted by Crippen LogP contribution is 2.14. The normalized spacial score (nSPS) is 16.2. The molecule has 1 aliphatic rings. The summed E-state index contributed by atoms with van der Waals surface area (Å²) in [5.41, 5.74) is 1.99. The second-order valence-electron chi connectivity index (χ2n) is 4.94. The first-order chi connectivity index (χ1) is 9.92.